The topological polar surface area (TPSA) is 59.0 Å². The zero-order chi connectivity index (χ0) is 20.9. The lowest BCUT2D eigenvalue weighted by Gasteiger charge is -2.29. The number of hydrogen-bond donors (Lipinski definition) is 1. The van der Waals surface area contributed by atoms with Gasteiger partial charge in [0, 0.05) is 5.56 Å². The molecule has 2 N–H and O–H groups in total. The van der Waals surface area contributed by atoms with Crippen LogP contribution in [-0.2, 0) is 0 Å². The molecule has 0 amide bonds. The van der Waals surface area contributed by atoms with Crippen LogP contribution in [0.2, 0.25) is 0 Å². The van der Waals surface area contributed by atoms with Gasteiger partial charge >= 0.3 is 0 Å². The fourth-order valence-electron chi connectivity index (χ4n) is 4.89. The Hall–Kier alpha value is -4.29. The van der Waals surface area contributed by atoms with E-state index in [1.807, 2.05) is 48.5 Å². The predicted octanol–water partition coefficient (Wildman–Crippen LogP) is 6.36. The summed E-state index contributed by atoms with van der Waals surface area (Å²) in [6.07, 6.45) is 0. The van der Waals surface area contributed by atoms with Crippen LogP contribution in [0, 0.1) is 11.3 Å². The van der Waals surface area contributed by atoms with E-state index in [1.165, 1.54) is 0 Å². The van der Waals surface area contributed by atoms with Crippen LogP contribution in [0.4, 0.5) is 0 Å². The van der Waals surface area contributed by atoms with E-state index in [0.717, 1.165) is 43.4 Å². The average Bonchev–Trinajstić information content (AvgIpc) is 2.81. The van der Waals surface area contributed by atoms with E-state index >= 15 is 0 Å². The van der Waals surface area contributed by atoms with Crippen molar-refractivity contribution in [1.82, 2.24) is 0 Å². The minimum atomic E-state index is -0.323. The van der Waals surface area contributed by atoms with Crippen LogP contribution in [-0.4, -0.2) is 0 Å². The maximum absolute atomic E-state index is 10.2. The van der Waals surface area contributed by atoms with Crippen molar-refractivity contribution in [3.05, 3.63) is 114 Å². The normalized spacial score (nSPS) is 15.6. The summed E-state index contributed by atoms with van der Waals surface area (Å²) in [7, 11) is 0. The standard InChI is InChI=1S/C28H18N2O/c29-16-23-27(26-20-10-4-1-7-17(20)13-14-24(26)31-28(23)30)25-21-11-5-2-8-18(21)15-19-9-3-6-12-22(19)25/h1-15,27H,30H2/t27-/m1/s1. The fourth-order valence-corrected chi connectivity index (χ4v) is 4.89. The van der Waals surface area contributed by atoms with Crippen molar-refractivity contribution in [2.75, 3.05) is 0 Å². The Balaban J connectivity index is 1.83. The molecule has 1 aliphatic heterocycles. The molecule has 6 rings (SSSR count). The second kappa shape index (κ2) is 6.62. The number of allylic oxidation sites excluding steroid dienone is 1. The van der Waals surface area contributed by atoms with E-state index in [-0.39, 0.29) is 11.8 Å². The molecule has 5 aromatic rings. The molecule has 146 valence electrons. The molecule has 3 heteroatoms. The van der Waals surface area contributed by atoms with Gasteiger partial charge in [-0.1, -0.05) is 78.9 Å². The molecule has 0 unspecified atom stereocenters. The zero-order valence-corrected chi connectivity index (χ0v) is 16.7. The number of nitriles is 1. The van der Waals surface area contributed by atoms with Gasteiger partial charge in [0.15, 0.2) is 0 Å². The van der Waals surface area contributed by atoms with Gasteiger partial charge in [0.1, 0.15) is 17.4 Å². The maximum atomic E-state index is 10.2. The molecule has 1 heterocycles. The summed E-state index contributed by atoms with van der Waals surface area (Å²) in [5.41, 5.74) is 8.83. The van der Waals surface area contributed by atoms with Gasteiger partial charge < -0.3 is 10.5 Å². The molecule has 31 heavy (non-hydrogen) atoms. The quantitative estimate of drug-likeness (QED) is 0.334. The molecule has 3 nitrogen and oxygen atoms in total. The van der Waals surface area contributed by atoms with Gasteiger partial charge in [0.25, 0.3) is 0 Å². The molecule has 0 aliphatic carbocycles. The van der Waals surface area contributed by atoms with E-state index < -0.39 is 0 Å². The van der Waals surface area contributed by atoms with Crippen LogP contribution in [0.1, 0.15) is 17.0 Å². The van der Waals surface area contributed by atoms with E-state index in [9.17, 15) is 5.26 Å². The van der Waals surface area contributed by atoms with Crippen LogP contribution in [0.15, 0.2) is 102 Å². The second-order valence-electron chi connectivity index (χ2n) is 7.86. The largest absolute Gasteiger partial charge is 0.440 e. The Kier molecular flexibility index (Phi) is 3.75. The van der Waals surface area contributed by atoms with Gasteiger partial charge in [0.2, 0.25) is 5.88 Å². The highest BCUT2D eigenvalue weighted by molar-refractivity contribution is 6.04. The molecule has 1 aliphatic rings. The molecule has 0 aromatic heterocycles. The van der Waals surface area contributed by atoms with Crippen LogP contribution in [0.25, 0.3) is 32.3 Å². The summed E-state index contributed by atoms with van der Waals surface area (Å²) in [6, 6.07) is 33.5. The van der Waals surface area contributed by atoms with Crippen LogP contribution >= 0.6 is 0 Å². The van der Waals surface area contributed by atoms with Crippen molar-refractivity contribution in [3.8, 4) is 11.8 Å². The van der Waals surface area contributed by atoms with Crippen molar-refractivity contribution in [2.45, 2.75) is 5.92 Å². The predicted molar refractivity (Wildman–Crippen MR) is 125 cm³/mol. The van der Waals surface area contributed by atoms with Gasteiger partial charge in [-0.15, -0.1) is 0 Å². The van der Waals surface area contributed by atoms with E-state index in [0.29, 0.717) is 11.3 Å². The third-order valence-corrected chi connectivity index (χ3v) is 6.22. The molecule has 0 bridgehead atoms. The van der Waals surface area contributed by atoms with Crippen LogP contribution in [0.3, 0.4) is 0 Å². The van der Waals surface area contributed by atoms with Gasteiger partial charge in [-0.25, -0.2) is 0 Å². The van der Waals surface area contributed by atoms with Crippen molar-refractivity contribution < 1.29 is 4.74 Å². The van der Waals surface area contributed by atoms with Gasteiger partial charge in [0.05, 0.1) is 5.92 Å². The van der Waals surface area contributed by atoms with E-state index in [4.69, 9.17) is 10.5 Å². The SMILES string of the molecule is N#CC1=C(N)Oc2ccc3ccccc3c2[C@H]1c1c2ccccc2cc2ccccc12. The molecule has 1 atom stereocenters. The summed E-state index contributed by atoms with van der Waals surface area (Å²) in [5.74, 6) is 0.556. The first kappa shape index (κ1) is 17.6. The molecular weight excluding hydrogens is 380 g/mol. The Morgan fingerprint density at radius 3 is 1.84 bits per heavy atom. The fraction of sp³-hybridized carbons (Fsp3) is 0.0357. The van der Waals surface area contributed by atoms with Crippen LogP contribution in [0.5, 0.6) is 5.75 Å². The Morgan fingerprint density at radius 2 is 1.23 bits per heavy atom. The lowest BCUT2D eigenvalue weighted by atomic mass is 9.77. The molecule has 0 spiro atoms. The molecule has 0 saturated heterocycles. The highest BCUT2D eigenvalue weighted by atomic mass is 16.5. The van der Waals surface area contributed by atoms with Crippen molar-refractivity contribution >= 4 is 32.3 Å². The number of rotatable bonds is 1. The van der Waals surface area contributed by atoms with Gasteiger partial charge in [-0.3, -0.25) is 0 Å². The summed E-state index contributed by atoms with van der Waals surface area (Å²) < 4.78 is 5.95. The third-order valence-electron chi connectivity index (χ3n) is 6.22. The maximum Gasteiger partial charge on any atom is 0.205 e. The first-order chi connectivity index (χ1) is 15.3. The molecule has 5 aromatic carbocycles. The summed E-state index contributed by atoms with van der Waals surface area (Å²) in [5, 5.41) is 16.9. The van der Waals surface area contributed by atoms with Crippen molar-refractivity contribution in [2.24, 2.45) is 5.73 Å². The smallest absolute Gasteiger partial charge is 0.205 e. The first-order valence-corrected chi connectivity index (χ1v) is 10.3. The Labute approximate surface area is 179 Å². The highest BCUT2D eigenvalue weighted by Gasteiger charge is 2.34. The first-order valence-electron chi connectivity index (χ1n) is 10.3. The second-order valence-corrected chi connectivity index (χ2v) is 7.86. The number of nitrogens with zero attached hydrogens (tertiary/aromatic N) is 1. The lowest BCUT2D eigenvalue weighted by Crippen LogP contribution is -2.21. The summed E-state index contributed by atoms with van der Waals surface area (Å²) >= 11 is 0. The van der Waals surface area contributed by atoms with E-state index in [1.54, 1.807) is 0 Å². The number of ether oxygens (including phenoxy) is 1. The summed E-state index contributed by atoms with van der Waals surface area (Å²) in [4.78, 5) is 0. The molecule has 0 radical (unpaired) electrons. The third kappa shape index (κ3) is 2.52. The van der Waals surface area contributed by atoms with E-state index in [2.05, 4.69) is 48.5 Å². The number of hydrogen-bond acceptors (Lipinski definition) is 3. The van der Waals surface area contributed by atoms with Crippen molar-refractivity contribution in [3.63, 3.8) is 0 Å². The molecule has 0 fully saturated rings. The van der Waals surface area contributed by atoms with Crippen LogP contribution < -0.4 is 10.5 Å². The number of nitrogens with two attached hydrogens (primary N) is 1. The number of benzene rings is 5. The molecular formula is C28H18N2O. The zero-order valence-electron chi connectivity index (χ0n) is 16.7. The van der Waals surface area contributed by atoms with Crippen molar-refractivity contribution in [1.29, 1.82) is 5.26 Å². The van der Waals surface area contributed by atoms with Gasteiger partial charge in [-0.05, 0) is 50.0 Å². The minimum Gasteiger partial charge on any atom is -0.440 e. The summed E-state index contributed by atoms with van der Waals surface area (Å²) in [6.45, 7) is 0. The lowest BCUT2D eigenvalue weighted by molar-refractivity contribution is 0.395. The Bertz CT molecular complexity index is 1540. The number of fused-ring (bicyclic) bond motifs is 5. The van der Waals surface area contributed by atoms with Gasteiger partial charge in [-0.2, -0.15) is 5.26 Å². The Morgan fingerprint density at radius 1 is 0.677 bits per heavy atom. The monoisotopic (exact) mass is 398 g/mol. The molecule has 0 saturated carbocycles. The average molecular weight is 398 g/mol. The highest BCUT2D eigenvalue weighted by Crippen LogP contribution is 2.49. The minimum absolute atomic E-state index is 0.173.